The molecule has 3 heteroatoms. The lowest BCUT2D eigenvalue weighted by Crippen LogP contribution is -2.52. The number of likely N-dealkylation sites (tertiary alicyclic amines) is 1. The molecule has 0 unspecified atom stereocenters. The molecule has 0 spiro atoms. The van der Waals surface area contributed by atoms with Crippen LogP contribution in [0.5, 0.6) is 0 Å². The van der Waals surface area contributed by atoms with E-state index in [1.807, 2.05) is 18.7 Å². The van der Waals surface area contributed by atoms with Gasteiger partial charge in [-0.05, 0) is 0 Å². The number of alkyl halides is 1. The molecule has 10 heavy (non-hydrogen) atoms. The van der Waals surface area contributed by atoms with Gasteiger partial charge >= 0.3 is 0 Å². The summed E-state index contributed by atoms with van der Waals surface area (Å²) >= 11 is 2.37. The van der Waals surface area contributed by atoms with Crippen molar-refractivity contribution >= 4 is 28.5 Å². The van der Waals surface area contributed by atoms with Crippen molar-refractivity contribution in [2.75, 3.05) is 13.1 Å². The van der Waals surface area contributed by atoms with E-state index < -0.39 is 0 Å². The number of carbonyl (C=O) groups is 1. The van der Waals surface area contributed by atoms with Crippen LogP contribution in [0.1, 0.15) is 13.8 Å². The molecule has 1 aliphatic heterocycles. The van der Waals surface area contributed by atoms with Crippen molar-refractivity contribution in [3.05, 3.63) is 0 Å². The van der Waals surface area contributed by atoms with Crippen molar-refractivity contribution in [1.29, 1.82) is 0 Å². The van der Waals surface area contributed by atoms with Crippen LogP contribution in [0.2, 0.25) is 0 Å². The first-order valence-electron chi connectivity index (χ1n) is 3.54. The molecule has 0 radical (unpaired) electrons. The maximum absolute atomic E-state index is 11.2. The Labute approximate surface area is 75.1 Å². The standard InChI is InChI=1S/C7H12INO/c1-5(2)7(10)9-3-6(8)4-9/h5-6H,3-4H2,1-2H3. The van der Waals surface area contributed by atoms with E-state index in [0.717, 1.165) is 13.1 Å². The zero-order valence-corrected chi connectivity index (χ0v) is 8.46. The molecule has 1 rings (SSSR count). The highest BCUT2D eigenvalue weighted by atomic mass is 127. The lowest BCUT2D eigenvalue weighted by atomic mass is 10.1. The Bertz CT molecular complexity index is 141. The number of carbonyl (C=O) groups excluding carboxylic acids is 1. The number of rotatable bonds is 1. The molecule has 2 nitrogen and oxygen atoms in total. The van der Waals surface area contributed by atoms with Crippen LogP contribution in [0.4, 0.5) is 0 Å². The number of amides is 1. The maximum Gasteiger partial charge on any atom is 0.225 e. The first kappa shape index (κ1) is 8.30. The molecule has 0 N–H and O–H groups in total. The molecule has 0 saturated carbocycles. The molecule has 1 fully saturated rings. The van der Waals surface area contributed by atoms with Gasteiger partial charge in [0.15, 0.2) is 0 Å². The summed E-state index contributed by atoms with van der Waals surface area (Å²) in [5.74, 6) is 0.469. The van der Waals surface area contributed by atoms with Crippen molar-refractivity contribution in [2.45, 2.75) is 17.8 Å². The summed E-state index contributed by atoms with van der Waals surface area (Å²) in [6.07, 6.45) is 0. The molecule has 0 bridgehead atoms. The molecule has 58 valence electrons. The predicted molar refractivity (Wildman–Crippen MR) is 49.2 cm³/mol. The average Bonchev–Trinajstić information content (AvgIpc) is 1.79. The lowest BCUT2D eigenvalue weighted by molar-refractivity contribution is -0.137. The van der Waals surface area contributed by atoms with Gasteiger partial charge < -0.3 is 4.90 Å². The maximum atomic E-state index is 11.2. The van der Waals surface area contributed by atoms with Gasteiger partial charge in [-0.2, -0.15) is 0 Å². The van der Waals surface area contributed by atoms with Crippen molar-refractivity contribution in [3.8, 4) is 0 Å². The Morgan fingerprint density at radius 3 is 2.40 bits per heavy atom. The van der Waals surface area contributed by atoms with Gasteiger partial charge in [-0.25, -0.2) is 0 Å². The van der Waals surface area contributed by atoms with E-state index in [1.54, 1.807) is 0 Å². The summed E-state index contributed by atoms with van der Waals surface area (Å²) in [4.78, 5) is 13.1. The molecule has 0 aromatic carbocycles. The summed E-state index contributed by atoms with van der Waals surface area (Å²) in [5.41, 5.74) is 0. The van der Waals surface area contributed by atoms with Gasteiger partial charge in [0.25, 0.3) is 0 Å². The monoisotopic (exact) mass is 253 g/mol. The summed E-state index contributed by atoms with van der Waals surface area (Å²) in [5, 5.41) is 0. The second-order valence-corrected chi connectivity index (χ2v) is 4.76. The number of hydrogen-bond donors (Lipinski definition) is 0. The molecular formula is C7H12INO. The summed E-state index contributed by atoms with van der Waals surface area (Å²) < 4.78 is 0.695. The van der Waals surface area contributed by atoms with Gasteiger partial charge in [-0.3, -0.25) is 4.79 Å². The van der Waals surface area contributed by atoms with Gasteiger partial charge in [0.1, 0.15) is 0 Å². The van der Waals surface area contributed by atoms with E-state index in [2.05, 4.69) is 22.6 Å². The fourth-order valence-electron chi connectivity index (χ4n) is 0.970. The normalized spacial score (nSPS) is 19.4. The van der Waals surface area contributed by atoms with Crippen LogP contribution in [0, 0.1) is 5.92 Å². The van der Waals surface area contributed by atoms with E-state index in [4.69, 9.17) is 0 Å². The molecule has 1 amide bonds. The molecule has 0 aliphatic carbocycles. The van der Waals surface area contributed by atoms with E-state index in [9.17, 15) is 4.79 Å². The van der Waals surface area contributed by atoms with Crippen LogP contribution in [-0.2, 0) is 4.79 Å². The highest BCUT2D eigenvalue weighted by molar-refractivity contribution is 14.1. The van der Waals surface area contributed by atoms with Crippen LogP contribution in [0.25, 0.3) is 0 Å². The highest BCUT2D eigenvalue weighted by Gasteiger charge is 2.29. The van der Waals surface area contributed by atoms with Gasteiger partial charge in [-0.15, -0.1) is 0 Å². The topological polar surface area (TPSA) is 20.3 Å². The quantitative estimate of drug-likeness (QED) is 0.509. The second-order valence-electron chi connectivity index (χ2n) is 3.00. The third kappa shape index (κ3) is 1.62. The van der Waals surface area contributed by atoms with Crippen molar-refractivity contribution in [2.24, 2.45) is 5.92 Å². The van der Waals surface area contributed by atoms with Crippen molar-refractivity contribution in [1.82, 2.24) is 4.90 Å². The third-order valence-electron chi connectivity index (χ3n) is 1.64. The van der Waals surface area contributed by atoms with E-state index >= 15 is 0 Å². The molecule has 1 saturated heterocycles. The van der Waals surface area contributed by atoms with Gasteiger partial charge in [0.2, 0.25) is 5.91 Å². The first-order valence-corrected chi connectivity index (χ1v) is 4.78. The van der Waals surface area contributed by atoms with Crippen LogP contribution in [0.3, 0.4) is 0 Å². The molecular weight excluding hydrogens is 241 g/mol. The Kier molecular flexibility index (Phi) is 2.55. The second kappa shape index (κ2) is 3.07. The van der Waals surface area contributed by atoms with Crippen molar-refractivity contribution in [3.63, 3.8) is 0 Å². The smallest absolute Gasteiger partial charge is 0.225 e. The molecule has 0 atom stereocenters. The van der Waals surface area contributed by atoms with Crippen LogP contribution in [-0.4, -0.2) is 27.8 Å². The molecule has 0 aromatic rings. The zero-order chi connectivity index (χ0) is 7.72. The third-order valence-corrected chi connectivity index (χ3v) is 2.43. The van der Waals surface area contributed by atoms with Gasteiger partial charge in [0, 0.05) is 22.9 Å². The SMILES string of the molecule is CC(C)C(=O)N1CC(I)C1. The van der Waals surface area contributed by atoms with Crippen LogP contribution in [0.15, 0.2) is 0 Å². The Morgan fingerprint density at radius 1 is 1.60 bits per heavy atom. The summed E-state index contributed by atoms with van der Waals surface area (Å²) in [6.45, 7) is 5.81. The summed E-state index contributed by atoms with van der Waals surface area (Å²) in [7, 11) is 0. The Balaban J connectivity index is 2.31. The van der Waals surface area contributed by atoms with Crippen molar-refractivity contribution < 1.29 is 4.79 Å². The average molecular weight is 253 g/mol. The highest BCUT2D eigenvalue weighted by Crippen LogP contribution is 2.18. The van der Waals surface area contributed by atoms with Gasteiger partial charge in [-0.1, -0.05) is 36.4 Å². The largest absolute Gasteiger partial charge is 0.340 e. The minimum atomic E-state index is 0.170. The fraction of sp³-hybridized carbons (Fsp3) is 0.857. The Morgan fingerprint density at radius 2 is 2.10 bits per heavy atom. The fourth-order valence-corrected chi connectivity index (χ4v) is 1.92. The number of hydrogen-bond acceptors (Lipinski definition) is 1. The number of halogens is 1. The van der Waals surface area contributed by atoms with Crippen LogP contribution < -0.4 is 0 Å². The summed E-state index contributed by atoms with van der Waals surface area (Å²) in [6, 6.07) is 0. The first-order chi connectivity index (χ1) is 4.61. The molecule has 1 heterocycles. The predicted octanol–water partition coefficient (Wildman–Crippen LogP) is 1.29. The minimum Gasteiger partial charge on any atom is -0.340 e. The lowest BCUT2D eigenvalue weighted by Gasteiger charge is -2.37. The van der Waals surface area contributed by atoms with E-state index in [1.165, 1.54) is 0 Å². The molecule has 0 aromatic heterocycles. The minimum absolute atomic E-state index is 0.170. The van der Waals surface area contributed by atoms with Crippen LogP contribution >= 0.6 is 22.6 Å². The van der Waals surface area contributed by atoms with E-state index in [0.29, 0.717) is 9.83 Å². The zero-order valence-electron chi connectivity index (χ0n) is 6.30. The van der Waals surface area contributed by atoms with E-state index in [-0.39, 0.29) is 5.92 Å². The number of nitrogens with zero attached hydrogens (tertiary/aromatic N) is 1. The molecule has 1 aliphatic rings. The Hall–Kier alpha value is 0.200. The van der Waals surface area contributed by atoms with Gasteiger partial charge in [0.05, 0.1) is 0 Å².